The first kappa shape index (κ1) is 18.9. The Kier molecular flexibility index (Phi) is 6.08. The number of anilines is 1. The minimum Gasteiger partial charge on any atom is -0.475 e. The average Bonchev–Trinajstić information content (AvgIpc) is 2.72. The molecule has 1 atom stereocenters. The molecule has 0 spiro atoms. The quantitative estimate of drug-likeness (QED) is 0.733. The molecule has 2 aromatic rings. The third kappa shape index (κ3) is 4.46. The highest BCUT2D eigenvalue weighted by molar-refractivity contribution is 5.98. The first-order valence-electron chi connectivity index (χ1n) is 9.02. The molecule has 0 N–H and O–H groups in total. The van der Waals surface area contributed by atoms with Crippen LogP contribution in [0.3, 0.4) is 0 Å². The lowest BCUT2D eigenvalue weighted by molar-refractivity contribution is -0.148. The first-order valence-corrected chi connectivity index (χ1v) is 9.02. The van der Waals surface area contributed by atoms with Gasteiger partial charge < -0.3 is 14.4 Å². The number of carbonyl (C=O) groups is 2. The molecule has 2 aromatic carbocycles. The Morgan fingerprint density at radius 1 is 1.15 bits per heavy atom. The van der Waals surface area contributed by atoms with Crippen molar-refractivity contribution in [3.63, 3.8) is 0 Å². The van der Waals surface area contributed by atoms with E-state index in [1.54, 1.807) is 11.0 Å². The van der Waals surface area contributed by atoms with Gasteiger partial charge in [-0.1, -0.05) is 49.4 Å². The number of para-hydroxylation sites is 2. The Hall–Kier alpha value is -2.86. The minimum absolute atomic E-state index is 0.0718. The molecular weight excluding hydrogens is 344 g/mol. The lowest BCUT2D eigenvalue weighted by Gasteiger charge is -2.34. The predicted octanol–water partition coefficient (Wildman–Crippen LogP) is 2.48. The molecule has 6 heteroatoms. The second-order valence-corrected chi connectivity index (χ2v) is 6.39. The van der Waals surface area contributed by atoms with Gasteiger partial charge in [0, 0.05) is 6.54 Å². The fourth-order valence-electron chi connectivity index (χ4n) is 3.12. The highest BCUT2D eigenvalue weighted by Gasteiger charge is 2.34. The zero-order chi connectivity index (χ0) is 19.2. The van der Waals surface area contributed by atoms with Crippen LogP contribution in [0.15, 0.2) is 54.6 Å². The molecule has 0 saturated carbocycles. The van der Waals surface area contributed by atoms with Gasteiger partial charge in [-0.2, -0.15) is 0 Å². The molecule has 6 nitrogen and oxygen atoms in total. The third-order valence-electron chi connectivity index (χ3n) is 4.59. The molecule has 0 fully saturated rings. The van der Waals surface area contributed by atoms with E-state index in [9.17, 15) is 9.59 Å². The van der Waals surface area contributed by atoms with E-state index in [1.807, 2.05) is 55.5 Å². The predicted molar refractivity (Wildman–Crippen MR) is 103 cm³/mol. The van der Waals surface area contributed by atoms with E-state index in [0.717, 1.165) is 12.1 Å². The molecule has 1 aliphatic heterocycles. The summed E-state index contributed by atoms with van der Waals surface area (Å²) in [5.41, 5.74) is 1.83. The molecule has 0 saturated heterocycles. The molecule has 0 aliphatic carbocycles. The van der Waals surface area contributed by atoms with E-state index in [1.165, 1.54) is 7.11 Å². The maximum atomic E-state index is 13.1. The van der Waals surface area contributed by atoms with Crippen molar-refractivity contribution in [2.45, 2.75) is 19.6 Å². The summed E-state index contributed by atoms with van der Waals surface area (Å²) >= 11 is 0. The molecule has 0 aromatic heterocycles. The van der Waals surface area contributed by atoms with Gasteiger partial charge in [0.15, 0.2) is 0 Å². The molecule has 0 unspecified atom stereocenters. The van der Waals surface area contributed by atoms with E-state index in [2.05, 4.69) is 4.90 Å². The Balaban J connectivity index is 1.76. The molecule has 1 heterocycles. The number of benzene rings is 2. The van der Waals surface area contributed by atoms with E-state index in [0.29, 0.717) is 18.0 Å². The second kappa shape index (κ2) is 8.68. The number of ether oxygens (including phenoxy) is 2. The molecule has 27 heavy (non-hydrogen) atoms. The zero-order valence-corrected chi connectivity index (χ0v) is 15.6. The monoisotopic (exact) mass is 368 g/mol. The molecule has 1 aliphatic rings. The van der Waals surface area contributed by atoms with Crippen LogP contribution < -0.4 is 9.64 Å². The van der Waals surface area contributed by atoms with Crippen molar-refractivity contribution in [1.29, 1.82) is 0 Å². The smallest absolute Gasteiger partial charge is 0.348 e. The Morgan fingerprint density at radius 2 is 1.85 bits per heavy atom. The van der Waals surface area contributed by atoms with Gasteiger partial charge in [0.05, 0.1) is 25.9 Å². The minimum atomic E-state index is -0.821. The van der Waals surface area contributed by atoms with Gasteiger partial charge >= 0.3 is 5.97 Å². The summed E-state index contributed by atoms with van der Waals surface area (Å²) in [6.45, 7) is 3.86. The molecule has 0 bridgehead atoms. The van der Waals surface area contributed by atoms with E-state index in [-0.39, 0.29) is 19.0 Å². The van der Waals surface area contributed by atoms with Crippen LogP contribution in [0.2, 0.25) is 0 Å². The Bertz CT molecular complexity index is 794. The molecular formula is C21H24N2O4. The summed E-state index contributed by atoms with van der Waals surface area (Å²) in [5, 5.41) is 0. The maximum Gasteiger partial charge on any atom is 0.348 e. The summed E-state index contributed by atoms with van der Waals surface area (Å²) in [6.07, 6.45) is -0.821. The van der Waals surface area contributed by atoms with Crippen LogP contribution in [0, 0.1) is 0 Å². The highest BCUT2D eigenvalue weighted by atomic mass is 16.6. The Labute approximate surface area is 159 Å². The number of carbonyl (C=O) groups excluding carboxylic acids is 2. The lowest BCUT2D eigenvalue weighted by atomic mass is 10.1. The third-order valence-corrected chi connectivity index (χ3v) is 4.59. The summed E-state index contributed by atoms with van der Waals surface area (Å²) in [4.78, 5) is 28.7. The van der Waals surface area contributed by atoms with E-state index in [4.69, 9.17) is 9.47 Å². The van der Waals surface area contributed by atoms with Crippen molar-refractivity contribution in [1.82, 2.24) is 4.90 Å². The maximum absolute atomic E-state index is 13.1. The van der Waals surface area contributed by atoms with E-state index >= 15 is 0 Å². The van der Waals surface area contributed by atoms with Gasteiger partial charge in [-0.15, -0.1) is 0 Å². The van der Waals surface area contributed by atoms with Crippen LogP contribution in [0.4, 0.5) is 5.69 Å². The van der Waals surface area contributed by atoms with Crippen molar-refractivity contribution in [3.8, 4) is 5.75 Å². The van der Waals surface area contributed by atoms with Crippen LogP contribution in [0.25, 0.3) is 0 Å². The second-order valence-electron chi connectivity index (χ2n) is 6.39. The SMILES string of the molecule is CCN(CC(=O)N1C[C@H](C(=O)OC)Oc2ccccc21)Cc1ccccc1. The number of likely N-dealkylation sites (N-methyl/N-ethyl adjacent to an activating group) is 1. The van der Waals surface area contributed by atoms with Crippen molar-refractivity contribution in [2.75, 3.05) is 31.6 Å². The summed E-state index contributed by atoms with van der Waals surface area (Å²) < 4.78 is 10.5. The first-order chi connectivity index (χ1) is 13.1. The van der Waals surface area contributed by atoms with Gasteiger partial charge in [-0.05, 0) is 24.2 Å². The van der Waals surface area contributed by atoms with E-state index < -0.39 is 12.1 Å². The number of amides is 1. The van der Waals surface area contributed by atoms with Crippen molar-refractivity contribution in [3.05, 3.63) is 60.2 Å². The van der Waals surface area contributed by atoms with Gasteiger partial charge in [-0.3, -0.25) is 9.69 Å². The number of nitrogens with zero attached hydrogens (tertiary/aromatic N) is 2. The van der Waals surface area contributed by atoms with Gasteiger partial charge in [0.1, 0.15) is 5.75 Å². The number of hydrogen-bond donors (Lipinski definition) is 0. The molecule has 1 amide bonds. The fourth-order valence-corrected chi connectivity index (χ4v) is 3.12. The topological polar surface area (TPSA) is 59.1 Å². The number of rotatable bonds is 6. The van der Waals surface area contributed by atoms with Crippen molar-refractivity contribution >= 4 is 17.6 Å². The number of fused-ring (bicyclic) bond motifs is 1. The van der Waals surface area contributed by atoms with Crippen LogP contribution in [-0.2, 0) is 20.9 Å². The normalized spacial score (nSPS) is 15.8. The highest BCUT2D eigenvalue weighted by Crippen LogP contribution is 2.33. The molecule has 0 radical (unpaired) electrons. The number of hydrogen-bond acceptors (Lipinski definition) is 5. The van der Waals surface area contributed by atoms with Gasteiger partial charge in [-0.25, -0.2) is 4.79 Å². The fraction of sp³-hybridized carbons (Fsp3) is 0.333. The van der Waals surface area contributed by atoms with Crippen molar-refractivity contribution in [2.24, 2.45) is 0 Å². The molecule has 3 rings (SSSR count). The van der Waals surface area contributed by atoms with Crippen LogP contribution in [-0.4, -0.2) is 49.6 Å². The van der Waals surface area contributed by atoms with Crippen LogP contribution >= 0.6 is 0 Å². The zero-order valence-electron chi connectivity index (χ0n) is 15.6. The van der Waals surface area contributed by atoms with Crippen molar-refractivity contribution < 1.29 is 19.1 Å². The molecule has 142 valence electrons. The largest absolute Gasteiger partial charge is 0.475 e. The van der Waals surface area contributed by atoms with Gasteiger partial charge in [0.2, 0.25) is 12.0 Å². The van der Waals surface area contributed by atoms with Crippen LogP contribution in [0.1, 0.15) is 12.5 Å². The summed E-state index contributed by atoms with van der Waals surface area (Å²) in [6, 6.07) is 17.3. The standard InChI is InChI=1S/C21H24N2O4/c1-3-22(13-16-9-5-4-6-10-16)15-20(24)23-14-19(21(25)26-2)27-18-12-8-7-11-17(18)23/h4-12,19H,3,13-15H2,1-2H3/t19-/m1/s1. The summed E-state index contributed by atoms with van der Waals surface area (Å²) in [5.74, 6) is -0.0463. The summed E-state index contributed by atoms with van der Waals surface area (Å²) in [7, 11) is 1.32. The number of methoxy groups -OCH3 is 1. The number of esters is 1. The average molecular weight is 368 g/mol. The van der Waals surface area contributed by atoms with Gasteiger partial charge in [0.25, 0.3) is 0 Å². The lowest BCUT2D eigenvalue weighted by Crippen LogP contribution is -2.50. The Morgan fingerprint density at radius 3 is 2.56 bits per heavy atom. The van der Waals surface area contributed by atoms with Crippen LogP contribution in [0.5, 0.6) is 5.75 Å².